The summed E-state index contributed by atoms with van der Waals surface area (Å²) < 4.78 is 2.08. The summed E-state index contributed by atoms with van der Waals surface area (Å²) in [5.41, 5.74) is 5.75. The van der Waals surface area contributed by atoms with Crippen molar-refractivity contribution in [2.45, 2.75) is 26.3 Å². The van der Waals surface area contributed by atoms with Gasteiger partial charge in [-0.3, -0.25) is 14.1 Å². The number of carbonyl (C=O) groups excluding carboxylic acids is 1. The Labute approximate surface area is 192 Å². The lowest BCUT2D eigenvalue weighted by molar-refractivity contribution is -0.132. The number of benzene rings is 2. The van der Waals surface area contributed by atoms with Crippen molar-refractivity contribution >= 4 is 22.2 Å². The lowest BCUT2D eigenvalue weighted by atomic mass is 10.1. The Morgan fingerprint density at radius 1 is 0.969 bits per heavy atom. The van der Waals surface area contributed by atoms with Crippen molar-refractivity contribution in [3.8, 4) is 11.3 Å². The number of nitrogens with zero attached hydrogens (tertiary/aromatic N) is 4. The molecule has 1 fully saturated rings. The first-order chi connectivity index (χ1) is 15.7. The van der Waals surface area contributed by atoms with Gasteiger partial charge >= 0.3 is 0 Å². The van der Waals surface area contributed by atoms with E-state index >= 15 is 0 Å². The molecule has 3 heterocycles. The average Bonchev–Trinajstić information content (AvgIpc) is 3.42. The number of hydrogen-bond acceptors (Lipinski definition) is 4. The van der Waals surface area contributed by atoms with Crippen LogP contribution in [0.1, 0.15) is 23.7 Å². The number of carbonyl (C=O) groups is 1. The van der Waals surface area contributed by atoms with Crippen LogP contribution < -0.4 is 0 Å². The molecule has 1 aliphatic rings. The number of rotatable bonds is 6. The third-order valence-electron chi connectivity index (χ3n) is 6.25. The number of aromatic nitrogens is 2. The molecule has 0 atom stereocenters. The van der Waals surface area contributed by atoms with Crippen LogP contribution in [0.15, 0.2) is 66.2 Å². The molecule has 0 N–H and O–H groups in total. The smallest absolute Gasteiger partial charge is 0.228 e. The highest BCUT2D eigenvalue weighted by Gasteiger charge is 2.22. The minimum Gasteiger partial charge on any atom is -0.340 e. The first kappa shape index (κ1) is 20.9. The van der Waals surface area contributed by atoms with Crippen LogP contribution >= 0.6 is 11.3 Å². The maximum atomic E-state index is 13.0. The van der Waals surface area contributed by atoms with Gasteiger partial charge in [0.2, 0.25) is 5.91 Å². The van der Waals surface area contributed by atoms with Gasteiger partial charge < -0.3 is 4.90 Å². The molecule has 1 aliphatic heterocycles. The normalized spacial score (nSPS) is 14.8. The second-order valence-corrected chi connectivity index (χ2v) is 9.21. The van der Waals surface area contributed by atoms with Gasteiger partial charge in [0.15, 0.2) is 4.96 Å². The molecular weight excluding hydrogens is 416 g/mol. The van der Waals surface area contributed by atoms with Gasteiger partial charge in [0.1, 0.15) is 0 Å². The fraction of sp³-hybridized carbons (Fsp3) is 0.308. The standard InChI is InChI=1S/C26H28N4OS/c1-2-20-8-10-22(11-9-20)24-18-30-23(19-32-26(30)27-24)16-25(31)29-14-12-28(13-15-29)17-21-6-4-3-5-7-21/h3-11,18-19H,2,12-17H2,1H3. The molecule has 1 amide bonds. The fourth-order valence-electron chi connectivity index (χ4n) is 4.27. The lowest BCUT2D eigenvalue weighted by Gasteiger charge is -2.34. The van der Waals surface area contributed by atoms with Crippen LogP contribution in [0.2, 0.25) is 0 Å². The summed E-state index contributed by atoms with van der Waals surface area (Å²) in [6.45, 7) is 6.53. The number of imidazole rings is 1. The molecule has 5 nitrogen and oxygen atoms in total. The van der Waals surface area contributed by atoms with Crippen LogP contribution in [-0.2, 0) is 24.2 Å². The van der Waals surface area contributed by atoms with Gasteiger partial charge in [0.05, 0.1) is 12.1 Å². The van der Waals surface area contributed by atoms with Crippen LogP contribution in [0.5, 0.6) is 0 Å². The molecule has 0 aliphatic carbocycles. The van der Waals surface area contributed by atoms with Crippen LogP contribution in [0.25, 0.3) is 16.2 Å². The Hall–Kier alpha value is -2.96. The van der Waals surface area contributed by atoms with Gasteiger partial charge in [0.25, 0.3) is 0 Å². The molecule has 0 bridgehead atoms. The van der Waals surface area contributed by atoms with E-state index in [-0.39, 0.29) is 5.91 Å². The van der Waals surface area contributed by atoms with E-state index in [4.69, 9.17) is 4.98 Å². The first-order valence-electron chi connectivity index (χ1n) is 11.3. The van der Waals surface area contributed by atoms with Crippen molar-refractivity contribution in [1.29, 1.82) is 0 Å². The summed E-state index contributed by atoms with van der Waals surface area (Å²) in [5, 5.41) is 2.07. The molecule has 0 saturated carbocycles. The van der Waals surface area contributed by atoms with Gasteiger partial charge in [-0.15, -0.1) is 11.3 Å². The summed E-state index contributed by atoms with van der Waals surface area (Å²) in [7, 11) is 0. The van der Waals surface area contributed by atoms with Gasteiger partial charge in [-0.25, -0.2) is 4.98 Å². The Morgan fingerprint density at radius 3 is 2.44 bits per heavy atom. The minimum atomic E-state index is 0.201. The van der Waals surface area contributed by atoms with E-state index < -0.39 is 0 Å². The highest BCUT2D eigenvalue weighted by Crippen LogP contribution is 2.25. The van der Waals surface area contributed by atoms with Crippen molar-refractivity contribution < 1.29 is 4.79 Å². The maximum absolute atomic E-state index is 13.0. The van der Waals surface area contributed by atoms with Gasteiger partial charge in [-0.2, -0.15) is 0 Å². The van der Waals surface area contributed by atoms with E-state index in [0.29, 0.717) is 6.42 Å². The highest BCUT2D eigenvalue weighted by atomic mass is 32.1. The number of thiazole rings is 1. The van der Waals surface area contributed by atoms with Crippen molar-refractivity contribution in [2.24, 2.45) is 0 Å². The summed E-state index contributed by atoms with van der Waals surface area (Å²) >= 11 is 1.60. The van der Waals surface area contributed by atoms with E-state index in [1.807, 2.05) is 11.0 Å². The molecule has 5 rings (SSSR count). The van der Waals surface area contributed by atoms with E-state index in [1.165, 1.54) is 11.1 Å². The Bertz CT molecular complexity index is 1190. The van der Waals surface area contributed by atoms with Crippen LogP contribution in [0.4, 0.5) is 0 Å². The van der Waals surface area contributed by atoms with Crippen molar-refractivity contribution in [3.05, 3.63) is 83.0 Å². The lowest BCUT2D eigenvalue weighted by Crippen LogP contribution is -2.48. The van der Waals surface area contributed by atoms with Gasteiger partial charge in [0, 0.05) is 55.6 Å². The zero-order valence-corrected chi connectivity index (χ0v) is 19.2. The Kier molecular flexibility index (Phi) is 6.06. The highest BCUT2D eigenvalue weighted by molar-refractivity contribution is 7.15. The molecule has 0 radical (unpaired) electrons. The molecule has 32 heavy (non-hydrogen) atoms. The SMILES string of the molecule is CCc1ccc(-c2cn3c(CC(=O)N4CCN(Cc5ccccc5)CC4)csc3n2)cc1. The molecule has 6 heteroatoms. The third kappa shape index (κ3) is 4.47. The summed E-state index contributed by atoms with van der Waals surface area (Å²) in [6.07, 6.45) is 3.52. The van der Waals surface area contributed by atoms with E-state index in [9.17, 15) is 4.79 Å². The number of hydrogen-bond donors (Lipinski definition) is 0. The van der Waals surface area contributed by atoms with E-state index in [0.717, 1.165) is 61.1 Å². The molecule has 4 aromatic rings. The second-order valence-electron chi connectivity index (χ2n) is 8.38. The zero-order chi connectivity index (χ0) is 21.9. The molecule has 0 unspecified atom stereocenters. The number of aryl methyl sites for hydroxylation is 1. The zero-order valence-electron chi connectivity index (χ0n) is 18.4. The second kappa shape index (κ2) is 9.27. The first-order valence-corrected chi connectivity index (χ1v) is 12.2. The topological polar surface area (TPSA) is 40.9 Å². The Balaban J connectivity index is 1.22. The number of amides is 1. The van der Waals surface area contributed by atoms with Gasteiger partial charge in [-0.05, 0) is 17.5 Å². The van der Waals surface area contributed by atoms with E-state index in [1.54, 1.807) is 11.3 Å². The average molecular weight is 445 g/mol. The molecule has 0 spiro atoms. The molecule has 2 aromatic heterocycles. The quantitative estimate of drug-likeness (QED) is 0.439. The summed E-state index contributed by atoms with van der Waals surface area (Å²) in [6, 6.07) is 19.1. The minimum absolute atomic E-state index is 0.201. The fourth-order valence-corrected chi connectivity index (χ4v) is 5.14. The third-order valence-corrected chi connectivity index (χ3v) is 7.14. The van der Waals surface area contributed by atoms with Gasteiger partial charge in [-0.1, -0.05) is 61.5 Å². The Morgan fingerprint density at radius 2 is 1.72 bits per heavy atom. The van der Waals surface area contributed by atoms with Crippen molar-refractivity contribution in [2.75, 3.05) is 26.2 Å². The van der Waals surface area contributed by atoms with Crippen LogP contribution in [0, 0.1) is 0 Å². The maximum Gasteiger partial charge on any atom is 0.228 e. The summed E-state index contributed by atoms with van der Waals surface area (Å²) in [5.74, 6) is 0.201. The van der Waals surface area contributed by atoms with Crippen molar-refractivity contribution in [1.82, 2.24) is 19.2 Å². The predicted octanol–water partition coefficient (Wildman–Crippen LogP) is 4.51. The largest absolute Gasteiger partial charge is 0.340 e. The number of piperazine rings is 1. The predicted molar refractivity (Wildman–Crippen MR) is 130 cm³/mol. The van der Waals surface area contributed by atoms with Crippen LogP contribution in [-0.4, -0.2) is 51.3 Å². The number of fused-ring (bicyclic) bond motifs is 1. The van der Waals surface area contributed by atoms with Crippen LogP contribution in [0.3, 0.4) is 0 Å². The van der Waals surface area contributed by atoms with E-state index in [2.05, 4.69) is 76.3 Å². The monoisotopic (exact) mass is 444 g/mol. The molecule has 164 valence electrons. The molecule has 2 aromatic carbocycles. The summed E-state index contributed by atoms with van der Waals surface area (Å²) in [4.78, 5) is 23.1. The molecular formula is C26H28N4OS. The van der Waals surface area contributed by atoms with Crippen molar-refractivity contribution in [3.63, 3.8) is 0 Å². The molecule has 1 saturated heterocycles.